The summed E-state index contributed by atoms with van der Waals surface area (Å²) in [7, 11) is 0. The molecule has 0 spiro atoms. The number of hydrogen-bond donors (Lipinski definition) is 0. The number of thioether (sulfide) groups is 1. The first-order valence-corrected chi connectivity index (χ1v) is 7.05. The van der Waals surface area contributed by atoms with Crippen molar-refractivity contribution in [3.05, 3.63) is 70.8 Å². The van der Waals surface area contributed by atoms with Crippen LogP contribution in [0.2, 0.25) is 0 Å². The molecule has 2 aromatic carbocycles. The summed E-state index contributed by atoms with van der Waals surface area (Å²) in [4.78, 5) is 13.1. The van der Waals surface area contributed by atoms with E-state index in [0.717, 1.165) is 4.90 Å². The van der Waals surface area contributed by atoms with E-state index in [-0.39, 0.29) is 11.6 Å². The number of fused-ring (bicyclic) bond motifs is 1. The summed E-state index contributed by atoms with van der Waals surface area (Å²) < 4.78 is 26.4. The first-order chi connectivity index (χ1) is 9.63. The molecule has 1 nitrogen and oxygen atoms in total. The van der Waals surface area contributed by atoms with Gasteiger partial charge in [0.1, 0.15) is 11.6 Å². The van der Waals surface area contributed by atoms with Crippen LogP contribution >= 0.6 is 11.8 Å². The van der Waals surface area contributed by atoms with Crippen molar-refractivity contribution in [1.29, 1.82) is 0 Å². The molecule has 1 heterocycles. The molecule has 1 aliphatic rings. The SMILES string of the molecule is O=C1/C(=C/c2cccc(F)c2)CSc2ccc(F)cc21. The highest BCUT2D eigenvalue weighted by Crippen LogP contribution is 2.33. The van der Waals surface area contributed by atoms with E-state index in [1.807, 2.05) is 0 Å². The number of Topliss-reactive ketones (excluding diaryl/α,β-unsaturated/α-hetero) is 1. The molecular formula is C16H10F2OS. The summed E-state index contributed by atoms with van der Waals surface area (Å²) in [5.74, 6) is -0.456. The largest absolute Gasteiger partial charge is 0.289 e. The number of carbonyl (C=O) groups excluding carboxylic acids is 1. The van der Waals surface area contributed by atoms with Crippen molar-refractivity contribution in [2.24, 2.45) is 0 Å². The zero-order valence-corrected chi connectivity index (χ0v) is 11.2. The van der Waals surface area contributed by atoms with E-state index >= 15 is 0 Å². The Morgan fingerprint density at radius 3 is 2.65 bits per heavy atom. The normalized spacial score (nSPS) is 16.3. The van der Waals surface area contributed by atoms with Crippen LogP contribution in [0.5, 0.6) is 0 Å². The lowest BCUT2D eigenvalue weighted by atomic mass is 10.0. The van der Waals surface area contributed by atoms with Gasteiger partial charge in [0.05, 0.1) is 0 Å². The average Bonchev–Trinajstić information content (AvgIpc) is 2.43. The van der Waals surface area contributed by atoms with E-state index in [0.29, 0.717) is 22.5 Å². The summed E-state index contributed by atoms with van der Waals surface area (Å²) in [6, 6.07) is 10.3. The third kappa shape index (κ3) is 2.51. The number of ketones is 1. The molecule has 0 aliphatic carbocycles. The molecule has 0 saturated heterocycles. The molecule has 2 aromatic rings. The minimum absolute atomic E-state index is 0.192. The van der Waals surface area contributed by atoms with Crippen molar-refractivity contribution in [3.63, 3.8) is 0 Å². The highest BCUT2D eigenvalue weighted by molar-refractivity contribution is 7.99. The molecule has 100 valence electrons. The van der Waals surface area contributed by atoms with Gasteiger partial charge in [0.2, 0.25) is 0 Å². The van der Waals surface area contributed by atoms with Gasteiger partial charge < -0.3 is 0 Å². The Hall–Kier alpha value is -1.94. The highest BCUT2D eigenvalue weighted by atomic mass is 32.2. The van der Waals surface area contributed by atoms with Gasteiger partial charge in [-0.25, -0.2) is 8.78 Å². The summed E-state index contributed by atoms with van der Waals surface area (Å²) in [6.07, 6.45) is 1.66. The maximum Gasteiger partial charge on any atom is 0.191 e. The fraction of sp³-hybridized carbons (Fsp3) is 0.0625. The molecular weight excluding hydrogens is 278 g/mol. The summed E-state index contributed by atoms with van der Waals surface area (Å²) >= 11 is 1.48. The molecule has 3 rings (SSSR count). The Bertz CT molecular complexity index is 722. The van der Waals surface area contributed by atoms with Gasteiger partial charge in [-0.1, -0.05) is 12.1 Å². The van der Waals surface area contributed by atoms with Crippen molar-refractivity contribution < 1.29 is 13.6 Å². The highest BCUT2D eigenvalue weighted by Gasteiger charge is 2.22. The lowest BCUT2D eigenvalue weighted by Gasteiger charge is -2.16. The lowest BCUT2D eigenvalue weighted by molar-refractivity contribution is 0.103. The molecule has 0 fully saturated rings. The Labute approximate surface area is 119 Å². The monoisotopic (exact) mass is 288 g/mol. The molecule has 0 N–H and O–H groups in total. The number of hydrogen-bond acceptors (Lipinski definition) is 2. The van der Waals surface area contributed by atoms with Gasteiger partial charge in [-0.15, -0.1) is 11.8 Å². The van der Waals surface area contributed by atoms with Gasteiger partial charge in [-0.05, 0) is 42.0 Å². The Morgan fingerprint density at radius 2 is 1.85 bits per heavy atom. The quantitative estimate of drug-likeness (QED) is 0.726. The minimum Gasteiger partial charge on any atom is -0.289 e. The number of halogens is 2. The van der Waals surface area contributed by atoms with Crippen LogP contribution in [-0.2, 0) is 0 Å². The molecule has 0 bridgehead atoms. The van der Waals surface area contributed by atoms with Crippen molar-refractivity contribution in [1.82, 2.24) is 0 Å². The Kier molecular flexibility index (Phi) is 3.40. The smallest absolute Gasteiger partial charge is 0.191 e. The summed E-state index contributed by atoms with van der Waals surface area (Å²) in [5.41, 5.74) is 1.57. The van der Waals surface area contributed by atoms with Gasteiger partial charge in [0.25, 0.3) is 0 Å². The molecule has 0 saturated carbocycles. The predicted molar refractivity (Wildman–Crippen MR) is 75.8 cm³/mol. The van der Waals surface area contributed by atoms with Crippen LogP contribution in [0, 0.1) is 11.6 Å². The first kappa shape index (κ1) is 13.1. The molecule has 0 radical (unpaired) electrons. The molecule has 0 atom stereocenters. The second kappa shape index (κ2) is 5.21. The predicted octanol–water partition coefficient (Wildman–Crippen LogP) is 4.34. The van der Waals surface area contributed by atoms with Gasteiger partial charge in [0, 0.05) is 21.8 Å². The molecule has 4 heteroatoms. The van der Waals surface area contributed by atoms with Crippen molar-refractivity contribution >= 4 is 23.6 Å². The maximum atomic E-state index is 13.2. The number of rotatable bonds is 1. The second-order valence-electron chi connectivity index (χ2n) is 4.48. The third-order valence-corrected chi connectivity index (χ3v) is 4.17. The minimum atomic E-state index is -0.426. The van der Waals surface area contributed by atoms with E-state index < -0.39 is 5.82 Å². The second-order valence-corrected chi connectivity index (χ2v) is 5.50. The van der Waals surface area contributed by atoms with Crippen molar-refractivity contribution in [2.45, 2.75) is 4.90 Å². The fourth-order valence-corrected chi connectivity index (χ4v) is 3.10. The number of benzene rings is 2. The van der Waals surface area contributed by atoms with E-state index in [1.54, 1.807) is 24.3 Å². The molecule has 0 aromatic heterocycles. The van der Waals surface area contributed by atoms with Gasteiger partial charge in [-0.3, -0.25) is 4.79 Å². The average molecular weight is 288 g/mol. The maximum absolute atomic E-state index is 13.2. The van der Waals surface area contributed by atoms with E-state index in [4.69, 9.17) is 0 Å². The van der Waals surface area contributed by atoms with Crippen LogP contribution in [0.4, 0.5) is 8.78 Å². The van der Waals surface area contributed by atoms with Crippen LogP contribution < -0.4 is 0 Å². The van der Waals surface area contributed by atoms with Crippen molar-refractivity contribution in [3.8, 4) is 0 Å². The fourth-order valence-electron chi connectivity index (χ4n) is 2.10. The van der Waals surface area contributed by atoms with E-state index in [1.165, 1.54) is 36.0 Å². The third-order valence-electron chi connectivity index (χ3n) is 3.05. The van der Waals surface area contributed by atoms with E-state index in [2.05, 4.69) is 0 Å². The van der Waals surface area contributed by atoms with Crippen LogP contribution in [-0.4, -0.2) is 11.5 Å². The van der Waals surface area contributed by atoms with Crippen LogP contribution in [0.3, 0.4) is 0 Å². The molecule has 20 heavy (non-hydrogen) atoms. The Balaban J connectivity index is 2.00. The van der Waals surface area contributed by atoms with Crippen LogP contribution in [0.15, 0.2) is 52.9 Å². The van der Waals surface area contributed by atoms with Gasteiger partial charge >= 0.3 is 0 Å². The van der Waals surface area contributed by atoms with Gasteiger partial charge in [-0.2, -0.15) is 0 Å². The summed E-state index contributed by atoms with van der Waals surface area (Å²) in [6.45, 7) is 0. The van der Waals surface area contributed by atoms with Crippen LogP contribution in [0.25, 0.3) is 6.08 Å². The van der Waals surface area contributed by atoms with Gasteiger partial charge in [0.15, 0.2) is 5.78 Å². The molecule has 0 amide bonds. The number of carbonyl (C=O) groups is 1. The zero-order chi connectivity index (χ0) is 14.1. The lowest BCUT2D eigenvalue weighted by Crippen LogP contribution is -2.12. The Morgan fingerprint density at radius 1 is 1.05 bits per heavy atom. The van der Waals surface area contributed by atoms with Crippen LogP contribution in [0.1, 0.15) is 15.9 Å². The molecule has 1 aliphatic heterocycles. The summed E-state index contributed by atoms with van der Waals surface area (Å²) in [5, 5.41) is 0. The first-order valence-electron chi connectivity index (χ1n) is 6.07. The molecule has 0 unspecified atom stereocenters. The van der Waals surface area contributed by atoms with Crippen molar-refractivity contribution in [2.75, 3.05) is 5.75 Å². The van der Waals surface area contributed by atoms with E-state index in [9.17, 15) is 13.6 Å². The topological polar surface area (TPSA) is 17.1 Å². The standard InChI is InChI=1S/C16H10F2OS/c17-12-3-1-2-10(7-12)6-11-9-20-15-5-4-13(18)8-14(15)16(11)19/h1-8H,9H2/b11-6+. The zero-order valence-electron chi connectivity index (χ0n) is 10.4.